The van der Waals surface area contributed by atoms with Crippen LogP contribution in [0.25, 0.3) is 0 Å². The Kier molecular flexibility index (Phi) is 29.2. The molecule has 6 aromatic carbocycles. The zero-order valence-electron chi connectivity index (χ0n) is 87.5. The van der Waals surface area contributed by atoms with Crippen molar-refractivity contribution in [3.63, 3.8) is 0 Å². The van der Waals surface area contributed by atoms with Gasteiger partial charge in [0.05, 0.1) is 117 Å². The molecule has 2 unspecified atom stereocenters. The Morgan fingerprint density at radius 3 is 1.01 bits per heavy atom. The summed E-state index contributed by atoms with van der Waals surface area (Å²) in [5, 5.41) is 39.1. The van der Waals surface area contributed by atoms with Crippen LogP contribution in [-0.2, 0) is 79.2 Å². The maximum absolute atomic E-state index is 14.0. The first-order valence-electron chi connectivity index (χ1n) is 55.7. The van der Waals surface area contributed by atoms with Crippen molar-refractivity contribution in [3.8, 4) is 17.2 Å². The van der Waals surface area contributed by atoms with Crippen LogP contribution in [-0.4, -0.2) is 265 Å². The lowest BCUT2D eigenvalue weighted by molar-refractivity contribution is -0.208. The van der Waals surface area contributed by atoms with Crippen molar-refractivity contribution < 1.29 is 75.0 Å². The SMILES string of the molecule is C=S1(=O)NC(=O)c2ccc3c(c2)N(C[C@@H]2CC[C@H]2[C@](O)(CN2CC4(COC4)C2)CCC[C@H](C)[C@H]1C)C[C@@]1(CCCc2cc(Cl)ccc21)CO3.C=S1(=O)NC(=O)c2ccc3c(c2)N(C[C@@H]2CC[C@H]2[C@](O)(CN2C[C@H]4CC[C@@H](C2)O4)CCC[C@H](C)[C@H]1C)C[C@@]1(CCCc2cc(Cl)ccc21)CO3.C[C@@H]1[C@@H](C)CCC[C@](O)(CN2CC3(COC3)C2)[C@@H]2CC[C@H]2CN2C[C@@]3(CCCc4cc(Cl)ccc43)COc3ccc(cc32)C(=O)NS1(=O)=O. The summed E-state index contributed by atoms with van der Waals surface area (Å²) >= 11 is 19.4. The van der Waals surface area contributed by atoms with Crippen LogP contribution in [0.4, 0.5) is 17.1 Å². The summed E-state index contributed by atoms with van der Waals surface area (Å²) in [6.07, 6.45) is 24.6. The molecule has 12 heterocycles. The minimum atomic E-state index is -3.94. The number of fused-ring (bicyclic) bond motifs is 14. The molecule has 6 N–H and O–H groups in total. The third kappa shape index (κ3) is 20.7. The number of sulfonamides is 1. The maximum Gasteiger partial charge on any atom is 0.264 e. The highest BCUT2D eigenvalue weighted by molar-refractivity contribution is 7.99. The normalized spacial score (nSPS) is 37.3. The van der Waals surface area contributed by atoms with Crippen LogP contribution in [0.2, 0.25) is 15.1 Å². The van der Waals surface area contributed by atoms with Crippen LogP contribution in [0.1, 0.15) is 254 Å². The molecule has 22 atom stereocenters. The molecule has 8 bridgehead atoms. The van der Waals surface area contributed by atoms with E-state index in [0.717, 1.165) is 283 Å². The molecular weight excluding hydrogens is 1990 g/mol. The van der Waals surface area contributed by atoms with Crippen LogP contribution < -0.4 is 43.1 Å². The van der Waals surface area contributed by atoms with E-state index < -0.39 is 57.4 Å². The zero-order valence-corrected chi connectivity index (χ0v) is 92.2. The molecule has 31 heteroatoms. The highest BCUT2D eigenvalue weighted by atomic mass is 35.5. The van der Waals surface area contributed by atoms with E-state index in [0.29, 0.717) is 111 Å². The molecule has 3 amide bonds. The summed E-state index contributed by atoms with van der Waals surface area (Å²) in [5.41, 5.74) is 8.77. The van der Waals surface area contributed by atoms with Crippen LogP contribution in [0, 0.1) is 64.1 Å². The Balaban J connectivity index is 0.000000126. The zero-order chi connectivity index (χ0) is 103. The van der Waals surface area contributed by atoms with E-state index in [1.807, 2.05) is 75.4 Å². The predicted molar refractivity (Wildman–Crippen MR) is 587 cm³/mol. The van der Waals surface area contributed by atoms with Gasteiger partial charge in [-0.15, -0.1) is 0 Å². The van der Waals surface area contributed by atoms with E-state index in [-0.39, 0.29) is 97.6 Å². The number of nitrogens with zero attached hydrogens (tertiary/aromatic N) is 6. The minimum absolute atomic E-state index is 0.0641. The first-order valence-corrected chi connectivity index (χ1v) is 61.9. The number of carbonyl (C=O) groups excluding carboxylic acids is 3. The van der Waals surface area contributed by atoms with Gasteiger partial charge in [-0.1, -0.05) is 93.0 Å². The molecule has 24 rings (SSSR count). The molecule has 0 radical (unpaired) electrons. The molecule has 0 aromatic heterocycles. The topological polar surface area (TPSA) is 291 Å². The van der Waals surface area contributed by atoms with Gasteiger partial charge in [-0.3, -0.25) is 38.5 Å². The molecule has 5 spiro atoms. The van der Waals surface area contributed by atoms with Crippen molar-refractivity contribution in [2.45, 2.75) is 269 Å². The summed E-state index contributed by atoms with van der Waals surface area (Å²) in [7, 11) is -9.81. The molecule has 6 aromatic rings. The Morgan fingerprint density at radius 2 is 0.689 bits per heavy atom. The second-order valence-electron chi connectivity index (χ2n) is 49.9. The second kappa shape index (κ2) is 41.0. The van der Waals surface area contributed by atoms with E-state index in [9.17, 15) is 46.5 Å². The van der Waals surface area contributed by atoms with Crippen LogP contribution in [0.15, 0.2) is 109 Å². The van der Waals surface area contributed by atoms with E-state index in [1.165, 1.54) is 33.4 Å². The number of β-amino-alcohol motifs (C(OH)–C–C–N with tert-alkyl or cyclic N) is 3. The number of benzene rings is 6. The number of morpholine rings is 1. The van der Waals surface area contributed by atoms with Gasteiger partial charge in [0.1, 0.15) is 17.2 Å². The molecule has 804 valence electrons. The Bertz CT molecular complexity index is 6120. The summed E-state index contributed by atoms with van der Waals surface area (Å²) in [5.74, 6) is 10.2. The fraction of sp³-hybridized carbons (Fsp3) is 0.650. The number of hydrogen-bond donors (Lipinski definition) is 6. The number of rotatable bonds is 6. The van der Waals surface area contributed by atoms with Crippen molar-refractivity contribution in [1.82, 2.24) is 28.9 Å². The van der Waals surface area contributed by atoms with Crippen LogP contribution in [0.5, 0.6) is 17.2 Å². The van der Waals surface area contributed by atoms with Gasteiger partial charge in [-0.25, -0.2) is 21.6 Å². The van der Waals surface area contributed by atoms with Gasteiger partial charge >= 0.3 is 0 Å². The van der Waals surface area contributed by atoms with Crippen molar-refractivity contribution >= 4 is 111 Å². The number of nitrogens with one attached hydrogen (secondary N) is 3. The quantitative estimate of drug-likeness (QED) is 0.0845. The lowest BCUT2D eigenvalue weighted by Crippen LogP contribution is -2.69. The number of likely N-dealkylation sites (tertiary alicyclic amines) is 3. The van der Waals surface area contributed by atoms with Gasteiger partial charge in [0, 0.05) is 168 Å². The van der Waals surface area contributed by atoms with Crippen molar-refractivity contribution in [2.24, 2.45) is 64.1 Å². The summed E-state index contributed by atoms with van der Waals surface area (Å²) < 4.78 is 100. The molecule has 148 heavy (non-hydrogen) atoms. The van der Waals surface area contributed by atoms with Gasteiger partial charge in [0.15, 0.2) is 0 Å². The number of anilines is 3. The highest BCUT2D eigenvalue weighted by Gasteiger charge is 2.59. The number of ether oxygens (including phenoxy) is 6. The molecule has 6 aliphatic carbocycles. The van der Waals surface area contributed by atoms with Crippen molar-refractivity contribution in [1.29, 1.82) is 0 Å². The number of halogens is 3. The fourth-order valence-corrected chi connectivity index (χ4v) is 35.2. The number of amides is 3. The summed E-state index contributed by atoms with van der Waals surface area (Å²) in [6.45, 7) is 28.7. The van der Waals surface area contributed by atoms with E-state index in [4.69, 9.17) is 63.2 Å². The third-order valence-electron chi connectivity index (χ3n) is 39.7. The molecular formula is C117H156Cl3N9O16S3. The maximum atomic E-state index is 14.0. The van der Waals surface area contributed by atoms with E-state index in [1.54, 1.807) is 25.1 Å². The lowest BCUT2D eigenvalue weighted by Gasteiger charge is -2.58. The van der Waals surface area contributed by atoms with Crippen molar-refractivity contribution in [2.75, 3.05) is 159 Å². The predicted octanol–water partition coefficient (Wildman–Crippen LogP) is 16.6. The lowest BCUT2D eigenvalue weighted by atomic mass is 9.62. The van der Waals surface area contributed by atoms with E-state index >= 15 is 0 Å². The smallest absolute Gasteiger partial charge is 0.264 e. The monoisotopic (exact) mass is 2140 g/mol. The Morgan fingerprint density at radius 1 is 0.365 bits per heavy atom. The number of carbonyl (C=O) groups is 3. The van der Waals surface area contributed by atoms with Crippen LogP contribution >= 0.6 is 34.8 Å². The first kappa shape index (κ1) is 105. The van der Waals surface area contributed by atoms with Gasteiger partial charge in [-0.2, -0.15) is 0 Å². The highest BCUT2D eigenvalue weighted by Crippen LogP contribution is 2.57. The van der Waals surface area contributed by atoms with Gasteiger partial charge in [0.25, 0.3) is 17.7 Å². The second-order valence-corrected chi connectivity index (χ2v) is 58.1. The van der Waals surface area contributed by atoms with Gasteiger partial charge in [0.2, 0.25) is 10.0 Å². The third-order valence-corrected chi connectivity index (χ3v) is 46.7. The average molecular weight is 2150 g/mol. The first-order chi connectivity index (χ1) is 70.7. The molecule has 9 fully saturated rings. The van der Waals surface area contributed by atoms with Crippen LogP contribution in [0.3, 0.4) is 0 Å². The summed E-state index contributed by atoms with van der Waals surface area (Å²) in [4.78, 5) is 55.6. The van der Waals surface area contributed by atoms with E-state index in [2.05, 4.69) is 106 Å². The molecule has 25 nitrogen and oxygen atoms in total. The molecule has 12 aliphatic heterocycles. The number of aliphatic hydroxyl groups is 3. The largest absolute Gasteiger partial charge is 0.490 e. The summed E-state index contributed by atoms with van der Waals surface area (Å²) in [6, 6.07) is 35.4. The average Bonchev–Trinajstić information content (AvgIpc) is 1.17. The Labute approximate surface area is 892 Å². The molecule has 18 aliphatic rings. The van der Waals surface area contributed by atoms with Gasteiger partial charge in [-0.05, 0) is 358 Å². The fourth-order valence-electron chi connectivity index (χ4n) is 30.3. The standard InChI is InChI=1S/C40H54ClN3O5S.C39H52ClN3O5S.C38H50ClN3O6S/c1-26-6-4-17-40(46,24-43-21-32-11-12-33(22-43)49-32)35-13-8-30(35)20-44-23-39(16-5-7-28-18-31(41)10-14-34(28)39)25-48-37-15-9-29(19-36(37)44)38(45)42-50(3,47)27(26)2;1-26-6-4-15-39(45,22-42-19-37(20-42)23-47-24-37)33-11-8-30(33)18-43-21-38(14-5-7-28-16-31(40)10-12-32(28)38)25-48-35-13-9-29(17-34(35)43)36(44)41-49(3,46)27(26)2;1-25-5-3-14-38(44,21-41-18-36(19-41)22-47-23-36)32-10-7-29(32)17-42-20-37(13-4-6-27-15-30(39)9-11-31(27)37)24-48-34-12-8-28(16-33(34)42)35(43)40-49(45,46)26(25)2/h9-10,14-15,18-19,26-27,30,32-33,35,46H,3-8,11-13,16-17,20-25H2,1-2H3,(H,42,45,47);9-10,12-13,16-17,26-27,30,33,45H,3-8,11,14-15,18-25H2,1-2H3,(H,41,44,46);8-9,11-12,15-16,25-26,29,32,44H,3-7,10,13-14,17-24H2,1-2H3,(H,40,43)/t26-,27+,30-,32-,33+,35+,39-,40+,50?;26-,27+,30-,33+,38-,39+,49?;25-,26+,29-,32+,37-,38-/m000/s1. The molecule has 6 saturated heterocycles. The van der Waals surface area contributed by atoms with Crippen molar-refractivity contribution in [3.05, 3.63) is 174 Å². The molecule has 3 saturated carbocycles. The minimum Gasteiger partial charge on any atom is -0.490 e. The number of aryl methyl sites for hydroxylation is 3. The number of hydrogen-bond acceptors (Lipinski definition) is 22. The van der Waals surface area contributed by atoms with Gasteiger partial charge < -0.3 is 58.4 Å². The Hall–Kier alpha value is -6.97.